The predicted octanol–water partition coefficient (Wildman–Crippen LogP) is 5.31. The Morgan fingerprint density at radius 3 is 2.42 bits per heavy atom. The van der Waals surface area contributed by atoms with Crippen molar-refractivity contribution in [3.05, 3.63) is 58.2 Å². The highest BCUT2D eigenvalue weighted by atomic mass is 35.5. The molecule has 0 unspecified atom stereocenters. The third-order valence-corrected chi connectivity index (χ3v) is 4.05. The van der Waals surface area contributed by atoms with Gasteiger partial charge in [-0.25, -0.2) is 4.98 Å². The van der Waals surface area contributed by atoms with Crippen LogP contribution in [0.4, 0.5) is 23.1 Å². The first-order valence-corrected chi connectivity index (χ1v) is 8.56. The second-order valence-corrected chi connectivity index (χ2v) is 6.57. The molecule has 0 aliphatic carbocycles. The molecular weight excluding hydrogens is 375 g/mol. The second kappa shape index (κ2) is 6.90. The largest absolute Gasteiger partial charge is 0.454 e. The summed E-state index contributed by atoms with van der Waals surface area (Å²) in [7, 11) is 0. The minimum atomic E-state index is 0.232. The molecule has 2 heterocycles. The van der Waals surface area contributed by atoms with Crippen molar-refractivity contribution in [1.82, 2.24) is 9.97 Å². The Labute approximate surface area is 160 Å². The Balaban J connectivity index is 1.58. The van der Waals surface area contributed by atoms with Crippen molar-refractivity contribution in [1.29, 1.82) is 0 Å². The Morgan fingerprint density at radius 2 is 1.62 bits per heavy atom. The maximum Gasteiger partial charge on any atom is 0.231 e. The third-order valence-electron chi connectivity index (χ3n) is 3.62. The van der Waals surface area contributed by atoms with Crippen molar-refractivity contribution in [2.24, 2.45) is 0 Å². The average Bonchev–Trinajstić information content (AvgIpc) is 3.01. The second-order valence-electron chi connectivity index (χ2n) is 5.69. The van der Waals surface area contributed by atoms with E-state index in [1.165, 1.54) is 0 Å². The van der Waals surface area contributed by atoms with E-state index >= 15 is 0 Å². The lowest BCUT2D eigenvalue weighted by Crippen LogP contribution is -2.02. The number of aryl methyl sites for hydroxylation is 1. The van der Waals surface area contributed by atoms with Crippen LogP contribution in [-0.2, 0) is 0 Å². The standard InChI is InChI=1S/C18H14Cl2N4O2/c1-10-4-17(22-14-6-11(19)5-12(20)7-14)24-18(21-10)23-13-2-3-15-16(8-13)26-9-25-15/h2-8H,9H2,1H3,(H2,21,22,23,24). The number of hydrogen-bond donors (Lipinski definition) is 2. The van der Waals surface area contributed by atoms with E-state index in [0.717, 1.165) is 22.8 Å². The number of anilines is 4. The Bertz CT molecular complexity index is 961. The summed E-state index contributed by atoms with van der Waals surface area (Å²) in [5, 5.41) is 7.45. The molecule has 1 aliphatic heterocycles. The fourth-order valence-electron chi connectivity index (χ4n) is 2.57. The van der Waals surface area contributed by atoms with E-state index in [2.05, 4.69) is 20.6 Å². The monoisotopic (exact) mass is 388 g/mol. The number of hydrogen-bond acceptors (Lipinski definition) is 6. The molecule has 6 nitrogen and oxygen atoms in total. The molecule has 0 bridgehead atoms. The minimum Gasteiger partial charge on any atom is -0.454 e. The molecule has 1 aliphatic rings. The van der Waals surface area contributed by atoms with Crippen LogP contribution in [0.1, 0.15) is 5.69 Å². The highest BCUT2D eigenvalue weighted by molar-refractivity contribution is 6.35. The molecule has 0 saturated carbocycles. The maximum atomic E-state index is 6.04. The van der Waals surface area contributed by atoms with Gasteiger partial charge in [-0.05, 0) is 37.3 Å². The van der Waals surface area contributed by atoms with E-state index in [0.29, 0.717) is 27.6 Å². The Hall–Kier alpha value is -2.70. The first kappa shape index (κ1) is 16.8. The molecule has 26 heavy (non-hydrogen) atoms. The van der Waals surface area contributed by atoms with Gasteiger partial charge in [0.05, 0.1) is 0 Å². The number of benzene rings is 2. The first-order chi connectivity index (χ1) is 12.5. The molecule has 8 heteroatoms. The van der Waals surface area contributed by atoms with Gasteiger partial charge in [0.25, 0.3) is 0 Å². The lowest BCUT2D eigenvalue weighted by molar-refractivity contribution is 0.174. The lowest BCUT2D eigenvalue weighted by atomic mass is 10.3. The summed E-state index contributed by atoms with van der Waals surface area (Å²) in [4.78, 5) is 8.90. The van der Waals surface area contributed by atoms with Crippen molar-refractivity contribution < 1.29 is 9.47 Å². The van der Waals surface area contributed by atoms with Crippen LogP contribution in [-0.4, -0.2) is 16.8 Å². The van der Waals surface area contributed by atoms with Gasteiger partial charge in [-0.3, -0.25) is 0 Å². The normalized spacial score (nSPS) is 12.1. The van der Waals surface area contributed by atoms with Gasteiger partial charge in [0.2, 0.25) is 12.7 Å². The van der Waals surface area contributed by atoms with Crippen LogP contribution in [0.15, 0.2) is 42.5 Å². The van der Waals surface area contributed by atoms with E-state index in [-0.39, 0.29) is 6.79 Å². The molecule has 1 aromatic heterocycles. The zero-order valence-electron chi connectivity index (χ0n) is 13.7. The molecule has 132 valence electrons. The number of ether oxygens (including phenoxy) is 2. The molecule has 0 saturated heterocycles. The smallest absolute Gasteiger partial charge is 0.231 e. The van der Waals surface area contributed by atoms with E-state index in [9.17, 15) is 0 Å². The van der Waals surface area contributed by atoms with Gasteiger partial charge >= 0.3 is 0 Å². The van der Waals surface area contributed by atoms with Crippen molar-refractivity contribution in [3.63, 3.8) is 0 Å². The summed E-state index contributed by atoms with van der Waals surface area (Å²) in [5.74, 6) is 2.49. The zero-order chi connectivity index (χ0) is 18.1. The summed E-state index contributed by atoms with van der Waals surface area (Å²) in [6.45, 7) is 2.12. The summed E-state index contributed by atoms with van der Waals surface area (Å²) in [6, 6.07) is 12.6. The topological polar surface area (TPSA) is 68.3 Å². The molecule has 3 aromatic rings. The van der Waals surface area contributed by atoms with Crippen LogP contribution in [0, 0.1) is 6.92 Å². The zero-order valence-corrected chi connectivity index (χ0v) is 15.2. The van der Waals surface area contributed by atoms with Crippen LogP contribution in [0.2, 0.25) is 10.0 Å². The highest BCUT2D eigenvalue weighted by Gasteiger charge is 2.14. The van der Waals surface area contributed by atoms with E-state index < -0.39 is 0 Å². The quantitative estimate of drug-likeness (QED) is 0.631. The lowest BCUT2D eigenvalue weighted by Gasteiger charge is -2.11. The van der Waals surface area contributed by atoms with Gasteiger partial charge in [0.15, 0.2) is 11.5 Å². The number of aromatic nitrogens is 2. The van der Waals surface area contributed by atoms with Crippen LogP contribution in [0.3, 0.4) is 0 Å². The van der Waals surface area contributed by atoms with Crippen molar-refractivity contribution >= 4 is 46.3 Å². The summed E-state index contributed by atoms with van der Waals surface area (Å²) in [5.41, 5.74) is 2.35. The van der Waals surface area contributed by atoms with Crippen molar-refractivity contribution in [2.45, 2.75) is 6.92 Å². The SMILES string of the molecule is Cc1cc(Nc2cc(Cl)cc(Cl)c2)nc(Nc2ccc3c(c2)OCO3)n1. The fraction of sp³-hybridized carbons (Fsp3) is 0.111. The highest BCUT2D eigenvalue weighted by Crippen LogP contribution is 2.35. The molecule has 2 N–H and O–H groups in total. The summed E-state index contributed by atoms with van der Waals surface area (Å²) in [6.07, 6.45) is 0. The molecular formula is C18H14Cl2N4O2. The van der Waals surface area contributed by atoms with Crippen LogP contribution in [0.25, 0.3) is 0 Å². The number of nitrogens with zero attached hydrogens (tertiary/aromatic N) is 2. The Kier molecular flexibility index (Phi) is 4.44. The predicted molar refractivity (Wildman–Crippen MR) is 102 cm³/mol. The van der Waals surface area contributed by atoms with Gasteiger partial charge in [-0.15, -0.1) is 0 Å². The van der Waals surface area contributed by atoms with Gasteiger partial charge in [-0.2, -0.15) is 4.98 Å². The summed E-state index contributed by atoms with van der Waals surface area (Å²) < 4.78 is 10.7. The van der Waals surface area contributed by atoms with E-state index in [1.54, 1.807) is 18.2 Å². The van der Waals surface area contributed by atoms with Crippen LogP contribution >= 0.6 is 23.2 Å². The first-order valence-electron chi connectivity index (χ1n) is 7.81. The summed E-state index contributed by atoms with van der Waals surface area (Å²) >= 11 is 12.1. The average molecular weight is 389 g/mol. The van der Waals surface area contributed by atoms with Gasteiger partial charge in [0, 0.05) is 39.2 Å². The minimum absolute atomic E-state index is 0.232. The molecule has 4 rings (SSSR count). The fourth-order valence-corrected chi connectivity index (χ4v) is 3.09. The van der Waals surface area contributed by atoms with E-state index in [1.807, 2.05) is 31.2 Å². The van der Waals surface area contributed by atoms with Crippen molar-refractivity contribution in [3.8, 4) is 11.5 Å². The van der Waals surface area contributed by atoms with Crippen LogP contribution < -0.4 is 20.1 Å². The molecule has 0 fully saturated rings. The number of rotatable bonds is 4. The molecule has 2 aromatic carbocycles. The van der Waals surface area contributed by atoms with E-state index in [4.69, 9.17) is 32.7 Å². The number of fused-ring (bicyclic) bond motifs is 1. The number of halogens is 2. The maximum absolute atomic E-state index is 6.04. The van der Waals surface area contributed by atoms with Crippen molar-refractivity contribution in [2.75, 3.05) is 17.4 Å². The third kappa shape index (κ3) is 3.76. The van der Waals surface area contributed by atoms with Gasteiger partial charge in [0.1, 0.15) is 5.82 Å². The van der Waals surface area contributed by atoms with Crippen LogP contribution in [0.5, 0.6) is 11.5 Å². The molecule has 0 spiro atoms. The number of nitrogens with one attached hydrogen (secondary N) is 2. The van der Waals surface area contributed by atoms with Gasteiger partial charge in [-0.1, -0.05) is 23.2 Å². The molecule has 0 radical (unpaired) electrons. The molecule has 0 atom stereocenters. The Morgan fingerprint density at radius 1 is 0.846 bits per heavy atom. The molecule has 0 amide bonds. The van der Waals surface area contributed by atoms with Gasteiger partial charge < -0.3 is 20.1 Å².